The first kappa shape index (κ1) is 10.1. The number of aromatic nitrogens is 1. The second-order valence-electron chi connectivity index (χ2n) is 3.79. The summed E-state index contributed by atoms with van der Waals surface area (Å²) in [6, 6.07) is 1.76. The van der Waals surface area contributed by atoms with Gasteiger partial charge >= 0.3 is 5.97 Å². The van der Waals surface area contributed by atoms with Gasteiger partial charge in [0.1, 0.15) is 5.76 Å². The van der Waals surface area contributed by atoms with E-state index in [1.807, 2.05) is 0 Å². The molecule has 0 amide bonds. The summed E-state index contributed by atoms with van der Waals surface area (Å²) in [6.07, 6.45) is 1.69. The zero-order valence-electron chi connectivity index (χ0n) is 8.19. The van der Waals surface area contributed by atoms with Crippen molar-refractivity contribution < 1.29 is 14.4 Å². The van der Waals surface area contributed by atoms with E-state index in [0.717, 1.165) is 0 Å². The van der Waals surface area contributed by atoms with Crippen LogP contribution in [0.5, 0.6) is 0 Å². The van der Waals surface area contributed by atoms with Crippen molar-refractivity contribution in [1.82, 2.24) is 15.8 Å². The molecule has 6 nitrogen and oxygen atoms in total. The molecule has 82 valence electrons. The molecule has 3 N–H and O–H groups in total. The van der Waals surface area contributed by atoms with Gasteiger partial charge in [0.25, 0.3) is 0 Å². The SMILES string of the molecule is O=C(O)CC1(NCc2ccno2)CNC1. The first-order valence-electron chi connectivity index (χ1n) is 4.77. The number of hydrogen-bond donors (Lipinski definition) is 3. The molecule has 15 heavy (non-hydrogen) atoms. The molecule has 1 saturated heterocycles. The highest BCUT2D eigenvalue weighted by Crippen LogP contribution is 2.16. The Morgan fingerprint density at radius 1 is 1.73 bits per heavy atom. The third-order valence-corrected chi connectivity index (χ3v) is 2.55. The molecule has 1 aromatic heterocycles. The van der Waals surface area contributed by atoms with Crippen molar-refractivity contribution in [2.24, 2.45) is 0 Å². The lowest BCUT2D eigenvalue weighted by Crippen LogP contribution is -2.68. The van der Waals surface area contributed by atoms with Crippen LogP contribution in [0, 0.1) is 0 Å². The Kier molecular flexibility index (Phi) is 2.70. The molecular formula is C9H13N3O3. The minimum absolute atomic E-state index is 0.119. The van der Waals surface area contributed by atoms with Crippen LogP contribution in [0.2, 0.25) is 0 Å². The van der Waals surface area contributed by atoms with E-state index >= 15 is 0 Å². The van der Waals surface area contributed by atoms with E-state index in [-0.39, 0.29) is 12.0 Å². The normalized spacial score (nSPS) is 18.4. The van der Waals surface area contributed by atoms with Crippen LogP contribution in [0.15, 0.2) is 16.8 Å². The van der Waals surface area contributed by atoms with Gasteiger partial charge in [0.05, 0.1) is 24.7 Å². The first-order valence-corrected chi connectivity index (χ1v) is 4.77. The Hall–Kier alpha value is -1.40. The smallest absolute Gasteiger partial charge is 0.305 e. The summed E-state index contributed by atoms with van der Waals surface area (Å²) in [5, 5.41) is 18.6. The standard InChI is InChI=1S/C9H13N3O3/c13-8(14)3-9(5-10-6-9)11-4-7-1-2-12-15-7/h1-2,10-11H,3-6H2,(H,13,14). The van der Waals surface area contributed by atoms with Gasteiger partial charge in [-0.15, -0.1) is 0 Å². The van der Waals surface area contributed by atoms with Crippen LogP contribution in [0.1, 0.15) is 12.2 Å². The quantitative estimate of drug-likeness (QED) is 0.613. The summed E-state index contributed by atoms with van der Waals surface area (Å²) < 4.78 is 4.92. The van der Waals surface area contributed by atoms with Gasteiger partial charge in [0, 0.05) is 19.2 Å². The number of aliphatic carboxylic acids is 1. The van der Waals surface area contributed by atoms with Crippen molar-refractivity contribution in [3.05, 3.63) is 18.0 Å². The molecular weight excluding hydrogens is 198 g/mol. The summed E-state index contributed by atoms with van der Waals surface area (Å²) in [6.45, 7) is 1.86. The minimum Gasteiger partial charge on any atom is -0.481 e. The summed E-state index contributed by atoms with van der Waals surface area (Å²) in [7, 11) is 0. The molecule has 1 aromatic rings. The highest BCUT2D eigenvalue weighted by molar-refractivity contribution is 5.68. The zero-order chi connectivity index (χ0) is 10.7. The molecule has 0 spiro atoms. The lowest BCUT2D eigenvalue weighted by Gasteiger charge is -2.42. The minimum atomic E-state index is -0.790. The molecule has 1 fully saturated rings. The largest absolute Gasteiger partial charge is 0.481 e. The Labute approximate surface area is 86.6 Å². The lowest BCUT2D eigenvalue weighted by atomic mass is 9.88. The number of carboxylic acids is 1. The van der Waals surface area contributed by atoms with Crippen molar-refractivity contribution in [1.29, 1.82) is 0 Å². The molecule has 0 atom stereocenters. The second-order valence-corrected chi connectivity index (χ2v) is 3.79. The molecule has 1 aliphatic heterocycles. The lowest BCUT2D eigenvalue weighted by molar-refractivity contribution is -0.139. The van der Waals surface area contributed by atoms with E-state index in [0.29, 0.717) is 25.4 Å². The Morgan fingerprint density at radius 2 is 2.53 bits per heavy atom. The fraction of sp³-hybridized carbons (Fsp3) is 0.556. The third-order valence-electron chi connectivity index (χ3n) is 2.55. The molecule has 0 radical (unpaired) electrons. The van der Waals surface area contributed by atoms with Gasteiger partial charge < -0.3 is 20.3 Å². The number of rotatable bonds is 5. The highest BCUT2D eigenvalue weighted by Gasteiger charge is 2.38. The van der Waals surface area contributed by atoms with Crippen molar-refractivity contribution in [2.75, 3.05) is 13.1 Å². The average molecular weight is 211 g/mol. The van der Waals surface area contributed by atoms with Gasteiger partial charge in [-0.3, -0.25) is 4.79 Å². The Morgan fingerprint density at radius 3 is 3.00 bits per heavy atom. The van der Waals surface area contributed by atoms with Crippen molar-refractivity contribution in [2.45, 2.75) is 18.5 Å². The molecule has 6 heteroatoms. The van der Waals surface area contributed by atoms with Crippen LogP contribution >= 0.6 is 0 Å². The van der Waals surface area contributed by atoms with Gasteiger partial charge in [-0.25, -0.2) is 0 Å². The van der Waals surface area contributed by atoms with E-state index in [1.165, 1.54) is 0 Å². The molecule has 0 aliphatic carbocycles. The van der Waals surface area contributed by atoms with Crippen LogP contribution < -0.4 is 10.6 Å². The van der Waals surface area contributed by atoms with Gasteiger partial charge in [-0.05, 0) is 0 Å². The number of nitrogens with one attached hydrogen (secondary N) is 2. The predicted molar refractivity (Wildman–Crippen MR) is 51.2 cm³/mol. The fourth-order valence-electron chi connectivity index (χ4n) is 1.64. The number of carboxylic acid groups (broad SMARTS) is 1. The maximum absolute atomic E-state index is 10.7. The van der Waals surface area contributed by atoms with Gasteiger partial charge in [-0.2, -0.15) is 0 Å². The predicted octanol–water partition coefficient (Wildman–Crippen LogP) is -0.419. The van der Waals surface area contributed by atoms with Crippen LogP contribution in [-0.2, 0) is 11.3 Å². The molecule has 2 heterocycles. The highest BCUT2D eigenvalue weighted by atomic mass is 16.5. The van der Waals surface area contributed by atoms with Gasteiger partial charge in [-0.1, -0.05) is 5.16 Å². The molecule has 0 aromatic carbocycles. The Balaban J connectivity index is 1.88. The number of carbonyl (C=O) groups is 1. The topological polar surface area (TPSA) is 87.4 Å². The number of nitrogens with zero attached hydrogens (tertiary/aromatic N) is 1. The average Bonchev–Trinajstić information content (AvgIpc) is 2.61. The molecule has 1 aliphatic rings. The van der Waals surface area contributed by atoms with Crippen LogP contribution in [0.25, 0.3) is 0 Å². The molecule has 0 saturated carbocycles. The van der Waals surface area contributed by atoms with Crippen molar-refractivity contribution in [3.8, 4) is 0 Å². The zero-order valence-corrected chi connectivity index (χ0v) is 8.19. The summed E-state index contributed by atoms with van der Waals surface area (Å²) >= 11 is 0. The van der Waals surface area contributed by atoms with Crippen LogP contribution in [0.3, 0.4) is 0 Å². The maximum atomic E-state index is 10.7. The van der Waals surface area contributed by atoms with E-state index in [9.17, 15) is 4.79 Å². The second kappa shape index (κ2) is 4.00. The van der Waals surface area contributed by atoms with Crippen LogP contribution in [-0.4, -0.2) is 34.9 Å². The molecule has 2 rings (SSSR count). The third kappa shape index (κ3) is 2.34. The number of hydrogen-bond acceptors (Lipinski definition) is 5. The van der Waals surface area contributed by atoms with Gasteiger partial charge in [0.2, 0.25) is 0 Å². The molecule has 0 unspecified atom stereocenters. The summed E-state index contributed by atoms with van der Waals surface area (Å²) in [5.41, 5.74) is -0.335. The van der Waals surface area contributed by atoms with E-state index < -0.39 is 5.97 Å². The van der Waals surface area contributed by atoms with Crippen LogP contribution in [0.4, 0.5) is 0 Å². The fourth-order valence-corrected chi connectivity index (χ4v) is 1.64. The monoisotopic (exact) mass is 211 g/mol. The van der Waals surface area contributed by atoms with E-state index in [4.69, 9.17) is 9.63 Å². The van der Waals surface area contributed by atoms with E-state index in [2.05, 4.69) is 15.8 Å². The maximum Gasteiger partial charge on any atom is 0.305 e. The van der Waals surface area contributed by atoms with E-state index in [1.54, 1.807) is 12.3 Å². The van der Waals surface area contributed by atoms with Gasteiger partial charge in [0.15, 0.2) is 0 Å². The van der Waals surface area contributed by atoms with Crippen molar-refractivity contribution >= 4 is 5.97 Å². The summed E-state index contributed by atoms with van der Waals surface area (Å²) in [5.74, 6) is -0.0757. The first-order chi connectivity index (χ1) is 7.20. The Bertz CT molecular complexity index is 332. The van der Waals surface area contributed by atoms with Crippen molar-refractivity contribution in [3.63, 3.8) is 0 Å². The summed E-state index contributed by atoms with van der Waals surface area (Å²) in [4.78, 5) is 10.7. The molecule has 0 bridgehead atoms.